The summed E-state index contributed by atoms with van der Waals surface area (Å²) in [6.07, 6.45) is 1.41. The monoisotopic (exact) mass is 364 g/mol. The van der Waals surface area contributed by atoms with Gasteiger partial charge in [0.15, 0.2) is 5.78 Å². The van der Waals surface area contributed by atoms with E-state index in [2.05, 4.69) is 5.32 Å². The lowest BCUT2D eigenvalue weighted by atomic mass is 9.91. The van der Waals surface area contributed by atoms with Crippen molar-refractivity contribution < 1.29 is 18.8 Å². The molecule has 1 aliphatic rings. The minimum Gasteiger partial charge on any atom is -0.322 e. The van der Waals surface area contributed by atoms with E-state index < -0.39 is 23.2 Å². The molecule has 25 heavy (non-hydrogen) atoms. The van der Waals surface area contributed by atoms with Crippen molar-refractivity contribution in [3.63, 3.8) is 0 Å². The number of nitrogens with zero attached hydrogens (tertiary/aromatic N) is 1. The molecule has 1 fully saturated rings. The number of thioether (sulfide) groups is 1. The summed E-state index contributed by atoms with van der Waals surface area (Å²) in [5, 5.41) is 2.93. The zero-order chi connectivity index (χ0) is 18.8. The lowest BCUT2D eigenvalue weighted by Gasteiger charge is -2.25. The maximum atomic E-state index is 13.7. The predicted molar refractivity (Wildman–Crippen MR) is 96.3 cm³/mol. The highest BCUT2D eigenvalue weighted by Crippen LogP contribution is 2.32. The summed E-state index contributed by atoms with van der Waals surface area (Å²) in [5.74, 6) is -1.29. The van der Waals surface area contributed by atoms with Crippen LogP contribution in [0.2, 0.25) is 0 Å². The number of hydrogen-bond donors (Lipinski definition) is 1. The van der Waals surface area contributed by atoms with E-state index in [0.717, 1.165) is 0 Å². The Morgan fingerprint density at radius 3 is 2.56 bits per heavy atom. The molecule has 134 valence electrons. The molecule has 2 rings (SSSR count). The highest BCUT2D eigenvalue weighted by Gasteiger charge is 2.35. The van der Waals surface area contributed by atoms with Gasteiger partial charge in [-0.05, 0) is 19.1 Å². The molecule has 1 N–H and O–H groups in total. The molecule has 0 bridgehead atoms. The number of carbonyl (C=O) groups is 3. The molecular weight excluding hydrogens is 343 g/mol. The van der Waals surface area contributed by atoms with E-state index >= 15 is 0 Å². The van der Waals surface area contributed by atoms with Crippen molar-refractivity contribution in [3.8, 4) is 0 Å². The average Bonchev–Trinajstić information content (AvgIpc) is 2.88. The maximum absolute atomic E-state index is 13.7. The third kappa shape index (κ3) is 4.48. The fourth-order valence-corrected chi connectivity index (χ4v) is 3.16. The van der Waals surface area contributed by atoms with Crippen LogP contribution in [0.25, 0.3) is 0 Å². The summed E-state index contributed by atoms with van der Waals surface area (Å²) in [7, 11) is 0. The van der Waals surface area contributed by atoms with Crippen molar-refractivity contribution in [1.29, 1.82) is 0 Å². The Bertz CT molecular complexity index is 740. The fourth-order valence-electron chi connectivity index (χ4n) is 2.16. The lowest BCUT2D eigenvalue weighted by molar-refractivity contribution is -0.132. The Labute approximate surface area is 150 Å². The molecule has 1 heterocycles. The molecular formula is C18H21FN2O3S. The number of carbonyl (C=O) groups excluding carboxylic acids is 3. The van der Waals surface area contributed by atoms with Gasteiger partial charge in [-0.15, -0.1) is 0 Å². The van der Waals surface area contributed by atoms with Crippen molar-refractivity contribution in [3.05, 3.63) is 41.2 Å². The molecule has 0 saturated carbocycles. The number of ketones is 1. The molecule has 1 aromatic carbocycles. The topological polar surface area (TPSA) is 66.5 Å². The number of allylic oxidation sites excluding steroid dienone is 1. The highest BCUT2D eigenvalue weighted by atomic mass is 32.2. The third-order valence-corrected chi connectivity index (χ3v) is 4.74. The smallest absolute Gasteiger partial charge is 0.247 e. The van der Waals surface area contributed by atoms with Crippen molar-refractivity contribution in [2.24, 2.45) is 5.41 Å². The van der Waals surface area contributed by atoms with Crippen molar-refractivity contribution in [2.75, 3.05) is 11.1 Å². The van der Waals surface area contributed by atoms with Crippen LogP contribution in [-0.2, 0) is 14.4 Å². The standard InChI is InChI=1S/C18H21FN2O3S/c1-11(17(24)20-13-8-6-5-7-12(13)19)21-15(23)10-25-16(21)9-14(22)18(2,3)4/h5-9,11H,10H2,1-4H3,(H,20,24)/b16-9-/t11-/m0/s1. The van der Waals surface area contributed by atoms with Gasteiger partial charge >= 0.3 is 0 Å². The Morgan fingerprint density at radius 1 is 1.32 bits per heavy atom. The fraction of sp³-hybridized carbons (Fsp3) is 0.389. The van der Waals surface area contributed by atoms with E-state index in [9.17, 15) is 18.8 Å². The second-order valence-corrected chi connectivity index (χ2v) is 7.79. The summed E-state index contributed by atoms with van der Waals surface area (Å²) >= 11 is 1.22. The molecule has 1 atom stereocenters. The number of hydrogen-bond acceptors (Lipinski definition) is 4. The van der Waals surface area contributed by atoms with Crippen LogP contribution in [-0.4, -0.2) is 34.3 Å². The molecule has 0 unspecified atom stereocenters. The van der Waals surface area contributed by atoms with Gasteiger partial charge in [-0.3, -0.25) is 19.3 Å². The second kappa shape index (κ2) is 7.39. The first-order valence-electron chi connectivity index (χ1n) is 7.87. The molecule has 1 aromatic rings. The van der Waals surface area contributed by atoms with Gasteiger partial charge in [-0.1, -0.05) is 44.7 Å². The number of anilines is 1. The minimum absolute atomic E-state index is 0.0509. The zero-order valence-corrected chi connectivity index (χ0v) is 15.4. The van der Waals surface area contributed by atoms with Crippen LogP contribution in [0.15, 0.2) is 35.4 Å². The second-order valence-electron chi connectivity index (χ2n) is 6.79. The summed E-state index contributed by atoms with van der Waals surface area (Å²) < 4.78 is 13.7. The summed E-state index contributed by atoms with van der Waals surface area (Å²) in [5.41, 5.74) is -0.529. The quantitative estimate of drug-likeness (QED) is 0.834. The predicted octanol–water partition coefficient (Wildman–Crippen LogP) is 3.18. The van der Waals surface area contributed by atoms with Crippen LogP contribution in [0, 0.1) is 11.2 Å². The summed E-state index contributed by atoms with van der Waals surface area (Å²) in [6, 6.07) is 4.95. The Kier molecular flexibility index (Phi) is 5.67. The molecule has 0 aromatic heterocycles. The molecule has 5 nitrogen and oxygen atoms in total. The Hall–Kier alpha value is -2.15. The van der Waals surface area contributed by atoms with Crippen LogP contribution >= 0.6 is 11.8 Å². The first-order valence-corrected chi connectivity index (χ1v) is 8.86. The normalized spacial score (nSPS) is 17.7. The third-order valence-electron chi connectivity index (χ3n) is 3.74. The van der Waals surface area contributed by atoms with E-state index in [1.54, 1.807) is 33.8 Å². The first-order chi connectivity index (χ1) is 11.6. The molecule has 0 spiro atoms. The average molecular weight is 364 g/mol. The molecule has 1 saturated heterocycles. The van der Waals surface area contributed by atoms with Gasteiger partial charge in [0.2, 0.25) is 11.8 Å². The number of halogens is 1. The zero-order valence-electron chi connectivity index (χ0n) is 14.6. The van der Waals surface area contributed by atoms with Gasteiger partial charge < -0.3 is 5.32 Å². The Balaban J connectivity index is 2.20. The SMILES string of the molecule is C[C@@H](C(=O)Nc1ccccc1F)N1C(=O)CS/C1=C\C(=O)C(C)(C)C. The molecule has 2 amide bonds. The van der Waals surface area contributed by atoms with Crippen molar-refractivity contribution in [2.45, 2.75) is 33.7 Å². The maximum Gasteiger partial charge on any atom is 0.247 e. The van der Waals surface area contributed by atoms with Gasteiger partial charge in [0, 0.05) is 11.5 Å². The van der Waals surface area contributed by atoms with E-state index in [-0.39, 0.29) is 23.1 Å². The number of nitrogens with one attached hydrogen (secondary N) is 1. The van der Waals surface area contributed by atoms with E-state index in [4.69, 9.17) is 0 Å². The number of para-hydroxylation sites is 1. The Morgan fingerprint density at radius 2 is 1.96 bits per heavy atom. The molecule has 7 heteroatoms. The highest BCUT2D eigenvalue weighted by molar-refractivity contribution is 8.04. The van der Waals surface area contributed by atoms with Crippen LogP contribution < -0.4 is 5.32 Å². The van der Waals surface area contributed by atoms with Gasteiger partial charge in [0.05, 0.1) is 16.5 Å². The molecule has 0 aliphatic carbocycles. The van der Waals surface area contributed by atoms with Crippen LogP contribution in [0.1, 0.15) is 27.7 Å². The number of amides is 2. The first kappa shape index (κ1) is 19.2. The van der Waals surface area contributed by atoms with Gasteiger partial charge in [0.1, 0.15) is 11.9 Å². The van der Waals surface area contributed by atoms with Crippen molar-refractivity contribution >= 4 is 35.0 Å². The van der Waals surface area contributed by atoms with Gasteiger partial charge in [-0.25, -0.2) is 4.39 Å². The number of rotatable bonds is 4. The van der Waals surface area contributed by atoms with Crippen LogP contribution in [0.5, 0.6) is 0 Å². The van der Waals surface area contributed by atoms with E-state index in [0.29, 0.717) is 5.03 Å². The summed E-state index contributed by atoms with van der Waals surface area (Å²) in [4.78, 5) is 38.1. The number of benzene rings is 1. The van der Waals surface area contributed by atoms with Crippen LogP contribution in [0.4, 0.5) is 10.1 Å². The van der Waals surface area contributed by atoms with Gasteiger partial charge in [-0.2, -0.15) is 0 Å². The molecule has 0 radical (unpaired) electrons. The summed E-state index contributed by atoms with van der Waals surface area (Å²) in [6.45, 7) is 6.90. The van der Waals surface area contributed by atoms with Gasteiger partial charge in [0.25, 0.3) is 0 Å². The van der Waals surface area contributed by atoms with E-state index in [1.807, 2.05) is 0 Å². The van der Waals surface area contributed by atoms with Crippen molar-refractivity contribution in [1.82, 2.24) is 4.90 Å². The van der Waals surface area contributed by atoms with Crippen LogP contribution in [0.3, 0.4) is 0 Å². The minimum atomic E-state index is -0.860. The lowest BCUT2D eigenvalue weighted by Crippen LogP contribution is -2.42. The largest absolute Gasteiger partial charge is 0.322 e. The van der Waals surface area contributed by atoms with E-state index in [1.165, 1.54) is 40.9 Å². The molecule has 1 aliphatic heterocycles.